The number of rotatable bonds is 5. The summed E-state index contributed by atoms with van der Waals surface area (Å²) in [6, 6.07) is 5.48. The Morgan fingerprint density at radius 1 is 1.00 bits per heavy atom. The van der Waals surface area contributed by atoms with Crippen molar-refractivity contribution in [3.8, 4) is 0 Å². The number of amides is 1. The van der Waals surface area contributed by atoms with Crippen molar-refractivity contribution in [1.29, 1.82) is 0 Å². The topological polar surface area (TPSA) is 55.1 Å². The Balaban J connectivity index is 2.53. The van der Waals surface area contributed by atoms with Gasteiger partial charge in [0.15, 0.2) is 0 Å². The van der Waals surface area contributed by atoms with E-state index in [2.05, 4.69) is 21.2 Å². The molecule has 0 aliphatic rings. The van der Waals surface area contributed by atoms with Crippen molar-refractivity contribution in [2.75, 3.05) is 5.32 Å². The van der Waals surface area contributed by atoms with Gasteiger partial charge in [0.05, 0.1) is 0 Å². The molecule has 11 heteroatoms. The van der Waals surface area contributed by atoms with E-state index in [0.29, 0.717) is 16.6 Å². The smallest absolute Gasteiger partial charge is 0.326 e. The Kier molecular flexibility index (Phi) is 7.11. The number of nitrogens with two attached hydrogens (primary N) is 1. The van der Waals surface area contributed by atoms with Crippen LogP contribution >= 0.6 is 15.9 Å². The zero-order chi connectivity index (χ0) is 23.8. The number of carbonyl (C=O) groups is 1. The highest BCUT2D eigenvalue weighted by Crippen LogP contribution is 2.53. The number of nitrogens with one attached hydrogen (secondary N) is 1. The van der Waals surface area contributed by atoms with Crippen LogP contribution in [0.25, 0.3) is 0 Å². The summed E-state index contributed by atoms with van der Waals surface area (Å²) in [5.74, 6) is -0.645. The van der Waals surface area contributed by atoms with E-state index in [9.17, 15) is 35.5 Å². The highest BCUT2D eigenvalue weighted by atomic mass is 79.9. The molecule has 2 aromatic carbocycles. The molecule has 0 aliphatic carbocycles. The molecule has 0 bridgehead atoms. The van der Waals surface area contributed by atoms with E-state index in [-0.39, 0.29) is 35.3 Å². The maximum atomic E-state index is 14.5. The van der Waals surface area contributed by atoms with Crippen molar-refractivity contribution >= 4 is 27.5 Å². The van der Waals surface area contributed by atoms with Crippen molar-refractivity contribution in [3.63, 3.8) is 0 Å². The Morgan fingerprint density at radius 3 is 2.03 bits per heavy atom. The van der Waals surface area contributed by atoms with Crippen LogP contribution in [0.5, 0.6) is 0 Å². The molecule has 0 saturated carbocycles. The normalized spacial score (nSPS) is 12.7. The summed E-state index contributed by atoms with van der Waals surface area (Å²) in [7, 11) is 0. The second-order valence-corrected chi connectivity index (χ2v) is 7.65. The zero-order valence-electron chi connectivity index (χ0n) is 16.3. The van der Waals surface area contributed by atoms with Crippen molar-refractivity contribution in [3.05, 3.63) is 62.6 Å². The van der Waals surface area contributed by atoms with E-state index in [0.717, 1.165) is 5.56 Å². The largest absolute Gasteiger partial charge is 0.435 e. The van der Waals surface area contributed by atoms with Gasteiger partial charge in [-0.3, -0.25) is 4.79 Å². The number of anilines is 1. The van der Waals surface area contributed by atoms with Crippen molar-refractivity contribution in [2.45, 2.75) is 44.8 Å². The van der Waals surface area contributed by atoms with Crippen molar-refractivity contribution in [2.24, 2.45) is 5.73 Å². The minimum Gasteiger partial charge on any atom is -0.326 e. The molecule has 0 aromatic heterocycles. The number of alkyl halides is 7. The average Bonchev–Trinajstić information content (AvgIpc) is 2.66. The lowest BCUT2D eigenvalue weighted by Crippen LogP contribution is -2.50. The van der Waals surface area contributed by atoms with E-state index < -0.39 is 29.5 Å². The maximum Gasteiger partial charge on any atom is 0.435 e. The molecule has 2 aromatic rings. The lowest BCUT2D eigenvalue weighted by molar-refractivity contribution is -0.348. The van der Waals surface area contributed by atoms with Gasteiger partial charge in [-0.2, -0.15) is 26.3 Å². The molecule has 0 fully saturated rings. The highest BCUT2D eigenvalue weighted by molar-refractivity contribution is 9.10. The fraction of sp³-hybridized carbons (Fsp3) is 0.350. The first-order valence-corrected chi connectivity index (χ1v) is 9.72. The van der Waals surface area contributed by atoms with Crippen LogP contribution in [0.4, 0.5) is 36.4 Å². The molecule has 0 aliphatic heterocycles. The van der Waals surface area contributed by atoms with Gasteiger partial charge in [0.25, 0.3) is 5.91 Å². The van der Waals surface area contributed by atoms with Gasteiger partial charge in [0, 0.05) is 27.8 Å². The number of carbonyl (C=O) groups excluding carboxylic acids is 1. The average molecular weight is 515 g/mol. The Morgan fingerprint density at radius 2 is 1.58 bits per heavy atom. The van der Waals surface area contributed by atoms with E-state index >= 15 is 0 Å². The van der Waals surface area contributed by atoms with Gasteiger partial charge in [-0.25, -0.2) is 4.39 Å². The van der Waals surface area contributed by atoms with Gasteiger partial charge in [-0.05, 0) is 48.2 Å². The minimum absolute atomic E-state index is 0.0157. The third-order valence-electron chi connectivity index (χ3n) is 4.75. The molecule has 0 radical (unpaired) electrons. The number of hydrogen-bond acceptors (Lipinski definition) is 2. The summed E-state index contributed by atoms with van der Waals surface area (Å²) in [5.41, 5.74) is -0.875. The van der Waals surface area contributed by atoms with Gasteiger partial charge < -0.3 is 11.1 Å². The monoisotopic (exact) mass is 514 g/mol. The molecular formula is C20H18BrF7N2O. The Hall–Kier alpha value is -2.14. The summed E-state index contributed by atoms with van der Waals surface area (Å²) >= 11 is 3.26. The zero-order valence-corrected chi connectivity index (χ0v) is 17.9. The van der Waals surface area contributed by atoms with Crippen LogP contribution in [0, 0.1) is 6.92 Å². The Labute approximate surface area is 181 Å². The molecule has 0 saturated heterocycles. The molecule has 0 spiro atoms. The van der Waals surface area contributed by atoms with E-state index in [1.807, 2.05) is 0 Å². The fourth-order valence-electron chi connectivity index (χ4n) is 3.04. The molecule has 3 N–H and O–H groups in total. The van der Waals surface area contributed by atoms with Crippen molar-refractivity contribution in [1.82, 2.24) is 0 Å². The summed E-state index contributed by atoms with van der Waals surface area (Å²) in [6.45, 7) is 2.87. The van der Waals surface area contributed by atoms with E-state index in [1.165, 1.54) is 26.0 Å². The lowest BCUT2D eigenvalue weighted by atomic mass is 9.89. The highest BCUT2D eigenvalue weighted by Gasteiger charge is 2.73. The first kappa shape index (κ1) is 25.1. The molecule has 170 valence electrons. The molecule has 2 rings (SSSR count). The van der Waals surface area contributed by atoms with Crippen molar-refractivity contribution < 1.29 is 35.5 Å². The van der Waals surface area contributed by atoms with Crippen LogP contribution in [0.1, 0.15) is 39.5 Å². The lowest BCUT2D eigenvalue weighted by Gasteiger charge is -2.31. The van der Waals surface area contributed by atoms with Gasteiger partial charge >= 0.3 is 18.0 Å². The first-order valence-electron chi connectivity index (χ1n) is 8.93. The van der Waals surface area contributed by atoms with Gasteiger partial charge in [-0.1, -0.05) is 35.0 Å². The molecule has 0 atom stereocenters. The molecule has 0 unspecified atom stereocenters. The quantitative estimate of drug-likeness (QED) is 0.458. The number of benzene rings is 2. The molecule has 3 nitrogen and oxygen atoms in total. The van der Waals surface area contributed by atoms with E-state index in [1.54, 1.807) is 6.07 Å². The fourth-order valence-corrected chi connectivity index (χ4v) is 3.59. The Bertz CT molecular complexity index is 973. The predicted molar refractivity (Wildman–Crippen MR) is 105 cm³/mol. The maximum absolute atomic E-state index is 14.5. The number of aryl methyl sites for hydroxylation is 2. The second-order valence-electron chi connectivity index (χ2n) is 6.80. The van der Waals surface area contributed by atoms with Crippen LogP contribution in [0.3, 0.4) is 0 Å². The predicted octanol–water partition coefficient (Wildman–Crippen LogP) is 6.32. The van der Waals surface area contributed by atoms with Crippen LogP contribution in [-0.2, 0) is 18.6 Å². The molecule has 0 heterocycles. The molecule has 1 amide bonds. The van der Waals surface area contributed by atoms with Crippen LogP contribution in [0.15, 0.2) is 34.8 Å². The minimum atomic E-state index is -6.22. The summed E-state index contributed by atoms with van der Waals surface area (Å²) in [6.07, 6.45) is -12.5. The second kappa shape index (κ2) is 8.78. The van der Waals surface area contributed by atoms with Crippen LogP contribution in [-0.4, -0.2) is 18.3 Å². The number of hydrogen-bond donors (Lipinski definition) is 2. The van der Waals surface area contributed by atoms with Gasteiger partial charge in [0.2, 0.25) is 0 Å². The third kappa shape index (κ3) is 4.72. The van der Waals surface area contributed by atoms with Crippen LogP contribution < -0.4 is 11.1 Å². The summed E-state index contributed by atoms with van der Waals surface area (Å²) < 4.78 is 93.7. The summed E-state index contributed by atoms with van der Waals surface area (Å²) in [5, 5.41) is 2.49. The van der Waals surface area contributed by atoms with Gasteiger partial charge in [0.1, 0.15) is 0 Å². The SMILES string of the molecule is CCc1cc(C(F)(C(F)(F)F)C(F)(F)F)cc(C)c1NC(=O)c1ccc(CN)c(Br)c1. The third-order valence-corrected chi connectivity index (χ3v) is 5.49. The first-order chi connectivity index (χ1) is 14.2. The number of halogens is 8. The standard InChI is InChI=1S/C20H18BrF7N2O/c1-3-11-7-14(18(22,19(23,24)25)20(26,27)28)6-10(2)16(11)30-17(31)12-4-5-13(9-29)15(21)8-12/h4-8H,3,9,29H2,1-2H3,(H,30,31). The van der Waals surface area contributed by atoms with E-state index in [4.69, 9.17) is 5.73 Å². The van der Waals surface area contributed by atoms with Gasteiger partial charge in [-0.15, -0.1) is 0 Å². The molecule has 31 heavy (non-hydrogen) atoms. The summed E-state index contributed by atoms with van der Waals surface area (Å²) in [4.78, 5) is 12.6. The van der Waals surface area contributed by atoms with Crippen LogP contribution in [0.2, 0.25) is 0 Å². The molecular weight excluding hydrogens is 497 g/mol.